The zero-order valence-electron chi connectivity index (χ0n) is 10.4. The van der Waals surface area contributed by atoms with Gasteiger partial charge in [-0.25, -0.2) is 4.79 Å². The zero-order chi connectivity index (χ0) is 13.1. The van der Waals surface area contributed by atoms with Crippen molar-refractivity contribution >= 4 is 33.4 Å². The van der Waals surface area contributed by atoms with Gasteiger partial charge in [0.05, 0.1) is 5.69 Å². The highest BCUT2D eigenvalue weighted by atomic mass is 33.1. The Balaban J connectivity index is 3.23. The van der Waals surface area contributed by atoms with Gasteiger partial charge in [0, 0.05) is 10.4 Å². The van der Waals surface area contributed by atoms with Crippen LogP contribution in [0, 0.1) is 0 Å². The Labute approximate surface area is 110 Å². The molecule has 0 atom stereocenters. The molecule has 5 heteroatoms. The molecule has 0 radical (unpaired) electrons. The average Bonchev–Trinajstić information content (AvgIpc) is 2.18. The van der Waals surface area contributed by atoms with Crippen molar-refractivity contribution in [2.24, 2.45) is 0 Å². The molecule has 17 heavy (non-hydrogen) atoms. The van der Waals surface area contributed by atoms with Crippen LogP contribution in [0.1, 0.15) is 20.8 Å². The fourth-order valence-corrected chi connectivity index (χ4v) is 3.07. The molecule has 0 fully saturated rings. The lowest BCUT2D eigenvalue weighted by Gasteiger charge is -2.34. The fraction of sp³-hybridized carbons (Fsp3) is 0.417. The third kappa shape index (κ3) is 3.57. The van der Waals surface area contributed by atoms with E-state index in [-0.39, 0.29) is 0 Å². The maximum atomic E-state index is 11.4. The van der Waals surface area contributed by atoms with E-state index < -0.39 is 11.6 Å². The Morgan fingerprint density at radius 2 is 1.88 bits per heavy atom. The number of hydrogen-bond acceptors (Lipinski definition) is 3. The number of hydrogen-bond donors (Lipinski definition) is 1. The molecule has 1 amide bonds. The van der Waals surface area contributed by atoms with E-state index in [1.165, 1.54) is 4.90 Å². The largest absolute Gasteiger partial charge is 0.465 e. The van der Waals surface area contributed by atoms with E-state index in [0.717, 1.165) is 10.6 Å². The van der Waals surface area contributed by atoms with Crippen molar-refractivity contribution in [1.82, 2.24) is 0 Å². The molecule has 1 N–H and O–H groups in total. The standard InChI is InChI=1S/C12H17NO2S2/c1-12(2,3)13(11(14)15)9-7-5-6-8-10(9)17-16-4/h5-8H,1-4H3,(H,14,15). The van der Waals surface area contributed by atoms with Crippen molar-refractivity contribution in [3.63, 3.8) is 0 Å². The van der Waals surface area contributed by atoms with E-state index in [4.69, 9.17) is 0 Å². The predicted molar refractivity (Wildman–Crippen MR) is 76.1 cm³/mol. The Bertz CT molecular complexity index is 402. The van der Waals surface area contributed by atoms with Gasteiger partial charge >= 0.3 is 6.09 Å². The summed E-state index contributed by atoms with van der Waals surface area (Å²) in [4.78, 5) is 13.8. The van der Waals surface area contributed by atoms with Crippen LogP contribution in [0.4, 0.5) is 10.5 Å². The van der Waals surface area contributed by atoms with Gasteiger partial charge in [-0.2, -0.15) is 0 Å². The maximum Gasteiger partial charge on any atom is 0.412 e. The van der Waals surface area contributed by atoms with Crippen LogP contribution < -0.4 is 4.90 Å². The molecule has 94 valence electrons. The normalized spacial score (nSPS) is 11.3. The first kappa shape index (κ1) is 14.3. The highest BCUT2D eigenvalue weighted by Gasteiger charge is 2.29. The number of rotatable bonds is 3. The molecule has 0 unspecified atom stereocenters. The second-order valence-corrected chi connectivity index (χ2v) is 6.95. The Hall–Kier alpha value is -0.810. The summed E-state index contributed by atoms with van der Waals surface area (Å²) in [5.74, 6) is 0. The van der Waals surface area contributed by atoms with Crippen molar-refractivity contribution in [3.8, 4) is 0 Å². The second kappa shape index (κ2) is 5.69. The van der Waals surface area contributed by atoms with Gasteiger partial charge in [-0.05, 0) is 39.2 Å². The molecule has 0 aliphatic carbocycles. The number of carboxylic acid groups (broad SMARTS) is 1. The molecular formula is C12H17NO2S2. The predicted octanol–water partition coefficient (Wildman–Crippen LogP) is 4.34. The van der Waals surface area contributed by atoms with Crippen LogP contribution in [0.25, 0.3) is 0 Å². The van der Waals surface area contributed by atoms with E-state index in [2.05, 4.69) is 0 Å². The smallest absolute Gasteiger partial charge is 0.412 e. The molecule has 3 nitrogen and oxygen atoms in total. The van der Waals surface area contributed by atoms with Crippen molar-refractivity contribution in [1.29, 1.82) is 0 Å². The van der Waals surface area contributed by atoms with Crippen LogP contribution in [0.2, 0.25) is 0 Å². The van der Waals surface area contributed by atoms with Crippen molar-refractivity contribution in [3.05, 3.63) is 24.3 Å². The number of amides is 1. The summed E-state index contributed by atoms with van der Waals surface area (Å²) in [6.07, 6.45) is 1.05. The van der Waals surface area contributed by atoms with E-state index in [1.807, 2.05) is 51.3 Å². The van der Waals surface area contributed by atoms with Gasteiger partial charge in [-0.3, -0.25) is 4.90 Å². The molecule has 1 aromatic rings. The summed E-state index contributed by atoms with van der Waals surface area (Å²) in [6, 6.07) is 7.57. The summed E-state index contributed by atoms with van der Waals surface area (Å²) in [5, 5.41) is 9.36. The highest BCUT2D eigenvalue weighted by molar-refractivity contribution is 8.76. The second-order valence-electron chi connectivity index (χ2n) is 4.51. The van der Waals surface area contributed by atoms with Gasteiger partial charge in [0.25, 0.3) is 0 Å². The molecule has 1 aromatic carbocycles. The SMILES string of the molecule is CSSc1ccccc1N(C(=O)O)C(C)(C)C. The minimum Gasteiger partial charge on any atom is -0.465 e. The highest BCUT2D eigenvalue weighted by Crippen LogP contribution is 2.38. The minimum absolute atomic E-state index is 0.457. The van der Waals surface area contributed by atoms with E-state index >= 15 is 0 Å². The first-order chi connectivity index (χ1) is 7.88. The first-order valence-electron chi connectivity index (χ1n) is 5.20. The lowest BCUT2D eigenvalue weighted by molar-refractivity contribution is 0.195. The van der Waals surface area contributed by atoms with Crippen molar-refractivity contribution in [2.75, 3.05) is 11.2 Å². The Morgan fingerprint density at radius 1 is 1.29 bits per heavy atom. The monoisotopic (exact) mass is 271 g/mol. The molecule has 0 bridgehead atoms. The van der Waals surface area contributed by atoms with Crippen LogP contribution in [-0.2, 0) is 0 Å². The number of carbonyl (C=O) groups is 1. The van der Waals surface area contributed by atoms with Gasteiger partial charge in [0.1, 0.15) is 0 Å². The van der Waals surface area contributed by atoms with Crippen LogP contribution in [0.15, 0.2) is 29.2 Å². The summed E-state index contributed by atoms with van der Waals surface area (Å²) in [6.45, 7) is 5.67. The van der Waals surface area contributed by atoms with Crippen LogP contribution >= 0.6 is 21.6 Å². The third-order valence-corrected chi connectivity index (χ3v) is 3.87. The quantitative estimate of drug-likeness (QED) is 0.830. The van der Waals surface area contributed by atoms with Crippen molar-refractivity contribution < 1.29 is 9.90 Å². The molecule has 0 aliphatic rings. The lowest BCUT2D eigenvalue weighted by Crippen LogP contribution is -2.45. The average molecular weight is 271 g/mol. The molecule has 0 aromatic heterocycles. The van der Waals surface area contributed by atoms with E-state index in [9.17, 15) is 9.90 Å². The Morgan fingerprint density at radius 3 is 2.35 bits per heavy atom. The Kier molecular flexibility index (Phi) is 4.77. The lowest BCUT2D eigenvalue weighted by atomic mass is 10.1. The molecule has 0 heterocycles. The minimum atomic E-state index is -0.924. The fourth-order valence-electron chi connectivity index (χ4n) is 1.55. The first-order valence-corrected chi connectivity index (χ1v) is 7.76. The molecule has 1 rings (SSSR count). The summed E-state index contributed by atoms with van der Waals surface area (Å²) < 4.78 is 0. The van der Waals surface area contributed by atoms with Crippen LogP contribution in [0.5, 0.6) is 0 Å². The zero-order valence-corrected chi connectivity index (χ0v) is 12.1. The topological polar surface area (TPSA) is 40.5 Å². The van der Waals surface area contributed by atoms with Crippen LogP contribution in [-0.4, -0.2) is 23.0 Å². The molecule has 0 saturated heterocycles. The molecular weight excluding hydrogens is 254 g/mol. The number of para-hydroxylation sites is 1. The van der Waals surface area contributed by atoms with Crippen LogP contribution in [0.3, 0.4) is 0 Å². The summed E-state index contributed by atoms with van der Waals surface area (Å²) in [5.41, 5.74) is 0.285. The van der Waals surface area contributed by atoms with Gasteiger partial charge in [-0.15, -0.1) is 0 Å². The molecule has 0 spiro atoms. The van der Waals surface area contributed by atoms with Crippen molar-refractivity contribution in [2.45, 2.75) is 31.2 Å². The molecule has 0 aliphatic heterocycles. The summed E-state index contributed by atoms with van der Waals surface area (Å²) >= 11 is 0. The van der Waals surface area contributed by atoms with Gasteiger partial charge in [0.2, 0.25) is 0 Å². The number of nitrogens with zero attached hydrogens (tertiary/aromatic N) is 1. The van der Waals surface area contributed by atoms with Gasteiger partial charge in [0.15, 0.2) is 0 Å². The van der Waals surface area contributed by atoms with E-state index in [0.29, 0.717) is 0 Å². The summed E-state index contributed by atoms with van der Waals surface area (Å²) in [7, 11) is 3.18. The number of benzene rings is 1. The van der Waals surface area contributed by atoms with Gasteiger partial charge < -0.3 is 5.11 Å². The maximum absolute atomic E-state index is 11.4. The molecule has 0 saturated carbocycles. The van der Waals surface area contributed by atoms with Gasteiger partial charge in [-0.1, -0.05) is 33.7 Å². The number of anilines is 1. The van der Waals surface area contributed by atoms with E-state index in [1.54, 1.807) is 21.6 Å². The third-order valence-electron chi connectivity index (χ3n) is 2.14.